The summed E-state index contributed by atoms with van der Waals surface area (Å²) in [6.45, 7) is 5.28. The van der Waals surface area contributed by atoms with Gasteiger partial charge in [-0.25, -0.2) is 0 Å². The fourth-order valence-electron chi connectivity index (χ4n) is 6.57. The van der Waals surface area contributed by atoms with Gasteiger partial charge in [-0.15, -0.1) is 10.1 Å². The molecule has 0 aromatic heterocycles. The van der Waals surface area contributed by atoms with Crippen molar-refractivity contribution in [3.05, 3.63) is 10.1 Å². The van der Waals surface area contributed by atoms with Crippen LogP contribution in [0.1, 0.15) is 59.3 Å². The van der Waals surface area contributed by atoms with Crippen LogP contribution in [0.3, 0.4) is 0 Å². The van der Waals surface area contributed by atoms with Crippen molar-refractivity contribution in [2.45, 2.75) is 64.9 Å². The first kappa shape index (κ1) is 17.9. The van der Waals surface area contributed by atoms with E-state index in [1.165, 1.54) is 13.8 Å². The van der Waals surface area contributed by atoms with Gasteiger partial charge in [0.1, 0.15) is 5.60 Å². The highest BCUT2D eigenvalue weighted by atomic mass is 17.0. The molecule has 4 fully saturated rings. The number of hydrogen-bond donors (Lipinski definition) is 0. The first-order chi connectivity index (χ1) is 11.5. The van der Waals surface area contributed by atoms with Crippen molar-refractivity contribution in [2.75, 3.05) is 13.2 Å². The molecular weight excluding hydrogens is 330 g/mol. The minimum Gasteiger partial charge on any atom is -0.465 e. The van der Waals surface area contributed by atoms with Crippen LogP contribution in [0.25, 0.3) is 0 Å². The number of esters is 2. The normalized spacial score (nSPS) is 41.2. The summed E-state index contributed by atoms with van der Waals surface area (Å²) in [4.78, 5) is 39.0. The van der Waals surface area contributed by atoms with E-state index in [1.54, 1.807) is 0 Å². The number of nitrogens with zero attached hydrogens (tertiary/aromatic N) is 1. The van der Waals surface area contributed by atoms with E-state index in [0.29, 0.717) is 19.3 Å². The van der Waals surface area contributed by atoms with Gasteiger partial charge in [-0.3, -0.25) is 9.59 Å². The molecular formula is C17H25NO7. The van der Waals surface area contributed by atoms with Crippen LogP contribution in [-0.4, -0.2) is 35.8 Å². The summed E-state index contributed by atoms with van der Waals surface area (Å²) >= 11 is 0. The van der Waals surface area contributed by atoms with E-state index in [4.69, 9.17) is 14.3 Å². The summed E-state index contributed by atoms with van der Waals surface area (Å²) in [5, 5.41) is 10.4. The van der Waals surface area contributed by atoms with Crippen LogP contribution in [0, 0.1) is 26.4 Å². The quantitative estimate of drug-likeness (QED) is 0.409. The maximum absolute atomic E-state index is 11.3. The second-order valence-corrected chi connectivity index (χ2v) is 8.93. The zero-order chi connectivity index (χ0) is 18.5. The van der Waals surface area contributed by atoms with E-state index in [-0.39, 0.29) is 41.4 Å². The fraction of sp³-hybridized carbons (Fsp3) is 0.882. The molecule has 0 saturated heterocycles. The van der Waals surface area contributed by atoms with Crippen molar-refractivity contribution < 1.29 is 29.0 Å². The molecule has 0 N–H and O–H groups in total. The molecule has 4 rings (SSSR count). The number of carbonyl (C=O) groups is 2. The van der Waals surface area contributed by atoms with Crippen molar-refractivity contribution in [2.24, 2.45) is 16.2 Å². The van der Waals surface area contributed by atoms with Crippen LogP contribution in [0.5, 0.6) is 0 Å². The predicted molar refractivity (Wildman–Crippen MR) is 84.8 cm³/mol. The van der Waals surface area contributed by atoms with Gasteiger partial charge in [0, 0.05) is 24.7 Å². The topological polar surface area (TPSA) is 105 Å². The zero-order valence-corrected chi connectivity index (χ0v) is 15.0. The molecule has 2 atom stereocenters. The summed E-state index contributed by atoms with van der Waals surface area (Å²) in [5.74, 6) is -0.724. The van der Waals surface area contributed by atoms with E-state index in [9.17, 15) is 19.7 Å². The predicted octanol–water partition coefficient (Wildman–Crippen LogP) is 2.42. The molecule has 2 unspecified atom stereocenters. The van der Waals surface area contributed by atoms with Gasteiger partial charge in [-0.1, -0.05) is 6.92 Å². The summed E-state index contributed by atoms with van der Waals surface area (Å²) in [6.07, 6.45) is 3.97. The standard InChI is InChI=1S/C17H25NO7/c1-12(19)23-10-15-4-14(3)5-16(7-15,11-24-13(2)20)9-17(6-14,8-15)25-18(21)22/h4-11H2,1-3H3. The van der Waals surface area contributed by atoms with Gasteiger partial charge < -0.3 is 14.3 Å². The lowest BCUT2D eigenvalue weighted by Crippen LogP contribution is -2.66. The zero-order valence-electron chi connectivity index (χ0n) is 15.0. The Balaban J connectivity index is 1.95. The molecule has 0 aliphatic heterocycles. The lowest BCUT2D eigenvalue weighted by Gasteiger charge is -2.68. The fourth-order valence-corrected chi connectivity index (χ4v) is 6.57. The van der Waals surface area contributed by atoms with E-state index in [1.807, 2.05) is 0 Å². The average Bonchev–Trinajstić information content (AvgIpc) is 2.39. The third-order valence-electron chi connectivity index (χ3n) is 5.93. The molecule has 0 spiro atoms. The molecule has 4 bridgehead atoms. The third kappa shape index (κ3) is 3.43. The Hall–Kier alpha value is -1.86. The first-order valence-corrected chi connectivity index (χ1v) is 8.60. The molecule has 4 aliphatic carbocycles. The summed E-state index contributed by atoms with van der Waals surface area (Å²) in [5.41, 5.74) is -1.80. The van der Waals surface area contributed by atoms with Gasteiger partial charge in [-0.2, -0.15) is 0 Å². The first-order valence-electron chi connectivity index (χ1n) is 8.60. The van der Waals surface area contributed by atoms with Gasteiger partial charge in [0.2, 0.25) is 0 Å². The lowest BCUT2D eigenvalue weighted by atomic mass is 9.39. The van der Waals surface area contributed by atoms with Gasteiger partial charge in [0.05, 0.1) is 13.2 Å². The van der Waals surface area contributed by atoms with Crippen LogP contribution in [-0.2, 0) is 23.9 Å². The van der Waals surface area contributed by atoms with Crippen LogP contribution in [0.4, 0.5) is 0 Å². The second kappa shape index (κ2) is 5.57. The van der Waals surface area contributed by atoms with Gasteiger partial charge >= 0.3 is 11.9 Å². The van der Waals surface area contributed by atoms with Gasteiger partial charge in [-0.05, 0) is 43.9 Å². The maximum Gasteiger partial charge on any atom is 0.302 e. The van der Waals surface area contributed by atoms with Crippen LogP contribution < -0.4 is 0 Å². The molecule has 0 aromatic carbocycles. The highest BCUT2D eigenvalue weighted by Gasteiger charge is 2.69. The van der Waals surface area contributed by atoms with Crippen molar-refractivity contribution in [3.63, 3.8) is 0 Å². The molecule has 0 radical (unpaired) electrons. The van der Waals surface area contributed by atoms with Crippen LogP contribution in [0.2, 0.25) is 0 Å². The molecule has 4 saturated carbocycles. The Morgan fingerprint density at radius 3 is 1.80 bits per heavy atom. The van der Waals surface area contributed by atoms with E-state index in [2.05, 4.69) is 6.92 Å². The minimum atomic E-state index is -0.896. The highest BCUT2D eigenvalue weighted by Crippen LogP contribution is 2.71. The largest absolute Gasteiger partial charge is 0.465 e. The van der Waals surface area contributed by atoms with E-state index in [0.717, 1.165) is 19.3 Å². The van der Waals surface area contributed by atoms with E-state index >= 15 is 0 Å². The smallest absolute Gasteiger partial charge is 0.302 e. The van der Waals surface area contributed by atoms with Crippen LogP contribution >= 0.6 is 0 Å². The van der Waals surface area contributed by atoms with Crippen molar-refractivity contribution in [1.29, 1.82) is 0 Å². The van der Waals surface area contributed by atoms with Crippen molar-refractivity contribution >= 4 is 11.9 Å². The molecule has 140 valence electrons. The van der Waals surface area contributed by atoms with Crippen LogP contribution in [0.15, 0.2) is 0 Å². The second-order valence-electron chi connectivity index (χ2n) is 8.93. The molecule has 8 nitrogen and oxygen atoms in total. The lowest BCUT2D eigenvalue weighted by molar-refractivity contribution is -0.787. The van der Waals surface area contributed by atoms with Crippen molar-refractivity contribution in [3.8, 4) is 0 Å². The summed E-state index contributed by atoms with van der Waals surface area (Å²) in [6, 6.07) is 0. The molecule has 4 aliphatic rings. The molecule has 8 heteroatoms. The molecule has 0 aromatic rings. The molecule has 0 amide bonds. The Morgan fingerprint density at radius 1 is 0.920 bits per heavy atom. The number of hydrogen-bond acceptors (Lipinski definition) is 7. The monoisotopic (exact) mass is 355 g/mol. The Morgan fingerprint density at radius 2 is 1.40 bits per heavy atom. The Kier molecular flexibility index (Phi) is 4.00. The molecule has 25 heavy (non-hydrogen) atoms. The number of ether oxygens (including phenoxy) is 2. The van der Waals surface area contributed by atoms with Crippen molar-refractivity contribution in [1.82, 2.24) is 0 Å². The SMILES string of the molecule is CC(=O)OCC12CC3(C)CC(COC(C)=O)(C1)CC(O[N+](=O)[O-])(C3)C2. The third-order valence-corrected chi connectivity index (χ3v) is 5.93. The van der Waals surface area contributed by atoms with Gasteiger partial charge in [0.25, 0.3) is 5.09 Å². The summed E-state index contributed by atoms with van der Waals surface area (Å²) < 4.78 is 10.6. The van der Waals surface area contributed by atoms with E-state index < -0.39 is 10.7 Å². The number of carbonyl (C=O) groups excluding carboxylic acids is 2. The summed E-state index contributed by atoms with van der Waals surface area (Å²) in [7, 11) is 0. The van der Waals surface area contributed by atoms with Gasteiger partial charge in [0.15, 0.2) is 0 Å². The Labute approximate surface area is 146 Å². The Bertz CT molecular complexity index is 582. The average molecular weight is 355 g/mol. The minimum absolute atomic E-state index is 0.162. The molecule has 0 heterocycles. The highest BCUT2D eigenvalue weighted by molar-refractivity contribution is 5.66. The maximum atomic E-state index is 11.3. The number of rotatable bonds is 6.